The van der Waals surface area contributed by atoms with E-state index in [9.17, 15) is 32.9 Å². The van der Waals surface area contributed by atoms with Crippen LogP contribution in [0.15, 0.2) is 34.7 Å². The summed E-state index contributed by atoms with van der Waals surface area (Å²) < 4.78 is 43.7. The summed E-state index contributed by atoms with van der Waals surface area (Å²) in [5.74, 6) is -0.686. The van der Waals surface area contributed by atoms with Crippen molar-refractivity contribution in [3.8, 4) is 0 Å². The maximum absolute atomic E-state index is 12.7. The summed E-state index contributed by atoms with van der Waals surface area (Å²) in [5, 5.41) is 13.6. The van der Waals surface area contributed by atoms with Gasteiger partial charge in [0.25, 0.3) is 5.69 Å². The third-order valence-corrected chi connectivity index (χ3v) is 4.66. The van der Waals surface area contributed by atoms with E-state index in [-0.39, 0.29) is 24.4 Å². The number of nitro benzene ring substituents is 1. The molecule has 2 aromatic rings. The lowest BCUT2D eigenvalue weighted by Gasteiger charge is -2.15. The van der Waals surface area contributed by atoms with Gasteiger partial charge in [0.15, 0.2) is 5.76 Å². The number of hydrogen-bond acceptors (Lipinski definition) is 7. The number of hydrazine groups is 1. The first-order valence-corrected chi connectivity index (χ1v) is 10.0. The molecule has 0 aliphatic carbocycles. The van der Waals surface area contributed by atoms with Gasteiger partial charge in [0.05, 0.1) is 17.0 Å². The minimum Gasteiger partial charge on any atom is -0.454 e. The third-order valence-electron chi connectivity index (χ3n) is 4.66. The van der Waals surface area contributed by atoms with Crippen LogP contribution in [0.5, 0.6) is 0 Å². The standard InChI is InChI=1S/C20H24F3N5O5/c1-3-27(4-2)12-14-6-8-17(33-14)19(30)26-25-18(29)9-10-24-15-7-5-13(20(21,22)23)11-16(15)28(31)32/h5-8,11,24H,3-4,9-10,12H2,1-2H3,(H,25,29)(H,26,30). The molecule has 2 amide bonds. The van der Waals surface area contributed by atoms with Crippen LogP contribution in [0.3, 0.4) is 0 Å². The number of rotatable bonds is 10. The minimum absolute atomic E-state index is 0.0101. The van der Waals surface area contributed by atoms with Crippen molar-refractivity contribution in [1.82, 2.24) is 15.8 Å². The number of carbonyl (C=O) groups is 2. The van der Waals surface area contributed by atoms with Crippen molar-refractivity contribution in [1.29, 1.82) is 0 Å². The van der Waals surface area contributed by atoms with Crippen LogP contribution in [-0.4, -0.2) is 41.3 Å². The van der Waals surface area contributed by atoms with Gasteiger partial charge in [-0.1, -0.05) is 13.8 Å². The van der Waals surface area contributed by atoms with Crippen LogP contribution in [-0.2, 0) is 17.5 Å². The molecule has 0 unspecified atom stereocenters. The maximum Gasteiger partial charge on any atom is 0.416 e. The quantitative estimate of drug-likeness (QED) is 0.358. The Balaban J connectivity index is 1.84. The van der Waals surface area contributed by atoms with Gasteiger partial charge < -0.3 is 9.73 Å². The lowest BCUT2D eigenvalue weighted by atomic mass is 10.1. The summed E-state index contributed by atoms with van der Waals surface area (Å²) in [6, 6.07) is 5.18. The Morgan fingerprint density at radius 1 is 1.12 bits per heavy atom. The molecule has 1 aromatic carbocycles. The summed E-state index contributed by atoms with van der Waals surface area (Å²) >= 11 is 0. The number of amides is 2. The third kappa shape index (κ3) is 7.49. The molecule has 0 spiro atoms. The summed E-state index contributed by atoms with van der Waals surface area (Å²) in [4.78, 5) is 36.2. The predicted molar refractivity (Wildman–Crippen MR) is 112 cm³/mol. The van der Waals surface area contributed by atoms with E-state index in [1.165, 1.54) is 6.07 Å². The zero-order chi connectivity index (χ0) is 24.6. The van der Waals surface area contributed by atoms with E-state index in [1.807, 2.05) is 13.8 Å². The predicted octanol–water partition coefficient (Wildman–Crippen LogP) is 3.31. The molecule has 33 heavy (non-hydrogen) atoms. The smallest absolute Gasteiger partial charge is 0.416 e. The van der Waals surface area contributed by atoms with Crippen LogP contribution in [0.2, 0.25) is 0 Å². The number of carbonyl (C=O) groups excluding carboxylic acids is 2. The molecule has 10 nitrogen and oxygen atoms in total. The normalized spacial score (nSPS) is 11.3. The Kier molecular flexibility index (Phi) is 8.79. The molecule has 0 atom stereocenters. The number of alkyl halides is 3. The van der Waals surface area contributed by atoms with Crippen LogP contribution in [0.1, 0.15) is 42.1 Å². The molecule has 3 N–H and O–H groups in total. The van der Waals surface area contributed by atoms with Crippen molar-refractivity contribution in [2.24, 2.45) is 0 Å². The van der Waals surface area contributed by atoms with E-state index in [2.05, 4.69) is 21.1 Å². The zero-order valence-corrected chi connectivity index (χ0v) is 18.0. The Hall–Kier alpha value is -3.61. The zero-order valence-electron chi connectivity index (χ0n) is 18.0. The molecule has 0 saturated heterocycles. The number of halogens is 3. The van der Waals surface area contributed by atoms with Gasteiger partial charge in [0.2, 0.25) is 5.91 Å². The summed E-state index contributed by atoms with van der Waals surface area (Å²) in [7, 11) is 0. The molecule has 0 aliphatic rings. The largest absolute Gasteiger partial charge is 0.454 e. The molecule has 0 fully saturated rings. The fraction of sp³-hybridized carbons (Fsp3) is 0.400. The fourth-order valence-electron chi connectivity index (χ4n) is 2.82. The van der Waals surface area contributed by atoms with E-state index in [4.69, 9.17) is 4.42 Å². The monoisotopic (exact) mass is 471 g/mol. The summed E-state index contributed by atoms with van der Waals surface area (Å²) in [6.07, 6.45) is -4.94. The Morgan fingerprint density at radius 2 is 1.82 bits per heavy atom. The van der Waals surface area contributed by atoms with E-state index >= 15 is 0 Å². The number of benzene rings is 1. The van der Waals surface area contributed by atoms with Gasteiger partial charge in [0, 0.05) is 19.0 Å². The number of nitro groups is 1. The van der Waals surface area contributed by atoms with Gasteiger partial charge in [-0.15, -0.1) is 0 Å². The summed E-state index contributed by atoms with van der Waals surface area (Å²) in [6.45, 7) is 6.05. The number of hydrogen-bond donors (Lipinski definition) is 3. The molecule has 0 radical (unpaired) electrons. The van der Waals surface area contributed by atoms with Crippen LogP contribution < -0.4 is 16.2 Å². The maximum atomic E-state index is 12.7. The fourth-order valence-corrected chi connectivity index (χ4v) is 2.82. The molecular weight excluding hydrogens is 447 g/mol. The first-order valence-electron chi connectivity index (χ1n) is 10.0. The Morgan fingerprint density at radius 3 is 2.42 bits per heavy atom. The Bertz CT molecular complexity index is 989. The van der Waals surface area contributed by atoms with Crippen LogP contribution in [0.4, 0.5) is 24.5 Å². The average Bonchev–Trinajstić information content (AvgIpc) is 3.23. The van der Waals surface area contributed by atoms with Gasteiger partial charge in [-0.05, 0) is 37.4 Å². The molecule has 13 heteroatoms. The van der Waals surface area contributed by atoms with Crippen molar-refractivity contribution >= 4 is 23.2 Å². The second-order valence-corrected chi connectivity index (χ2v) is 6.89. The molecule has 0 aliphatic heterocycles. The molecule has 0 bridgehead atoms. The highest BCUT2D eigenvalue weighted by Crippen LogP contribution is 2.34. The lowest BCUT2D eigenvalue weighted by Crippen LogP contribution is -2.42. The van der Waals surface area contributed by atoms with E-state index in [1.54, 1.807) is 6.07 Å². The van der Waals surface area contributed by atoms with E-state index in [0.29, 0.717) is 24.4 Å². The van der Waals surface area contributed by atoms with Gasteiger partial charge in [-0.3, -0.25) is 35.5 Å². The first kappa shape index (κ1) is 25.6. The van der Waals surface area contributed by atoms with Gasteiger partial charge in [-0.25, -0.2) is 0 Å². The molecule has 180 valence electrons. The minimum atomic E-state index is -4.72. The number of furan rings is 1. The van der Waals surface area contributed by atoms with Gasteiger partial charge in [0.1, 0.15) is 11.4 Å². The summed E-state index contributed by atoms with van der Waals surface area (Å²) in [5.41, 5.74) is 2.28. The molecule has 1 aromatic heterocycles. The van der Waals surface area contributed by atoms with Crippen LogP contribution in [0, 0.1) is 10.1 Å². The topological polar surface area (TPSA) is 130 Å². The van der Waals surface area contributed by atoms with Crippen molar-refractivity contribution in [3.05, 3.63) is 57.5 Å². The van der Waals surface area contributed by atoms with E-state index in [0.717, 1.165) is 19.2 Å². The number of nitrogens with zero attached hydrogens (tertiary/aromatic N) is 2. The SMILES string of the molecule is CCN(CC)Cc1ccc(C(=O)NNC(=O)CCNc2ccc(C(F)(F)F)cc2[N+](=O)[O-])o1. The highest BCUT2D eigenvalue weighted by atomic mass is 19.4. The van der Waals surface area contributed by atoms with Gasteiger partial charge in [-0.2, -0.15) is 13.2 Å². The molecule has 1 heterocycles. The second kappa shape index (κ2) is 11.3. The number of anilines is 1. The van der Waals surface area contributed by atoms with Gasteiger partial charge >= 0.3 is 12.1 Å². The van der Waals surface area contributed by atoms with Crippen molar-refractivity contribution in [2.45, 2.75) is 33.0 Å². The second-order valence-electron chi connectivity index (χ2n) is 6.89. The molecular formula is C20H24F3N5O5. The first-order chi connectivity index (χ1) is 15.5. The molecule has 2 rings (SSSR count). The van der Waals surface area contributed by atoms with E-state index < -0.39 is 34.2 Å². The number of nitrogens with one attached hydrogen (secondary N) is 3. The average molecular weight is 471 g/mol. The van der Waals surface area contributed by atoms with Crippen LogP contribution >= 0.6 is 0 Å². The highest BCUT2D eigenvalue weighted by molar-refractivity contribution is 5.93. The van der Waals surface area contributed by atoms with Crippen molar-refractivity contribution in [3.63, 3.8) is 0 Å². The molecule has 0 saturated carbocycles. The Labute approximate surface area is 187 Å². The lowest BCUT2D eigenvalue weighted by molar-refractivity contribution is -0.384. The van der Waals surface area contributed by atoms with Crippen molar-refractivity contribution < 1.29 is 32.1 Å². The van der Waals surface area contributed by atoms with Crippen LogP contribution in [0.25, 0.3) is 0 Å². The van der Waals surface area contributed by atoms with Crippen molar-refractivity contribution in [2.75, 3.05) is 25.0 Å². The highest BCUT2D eigenvalue weighted by Gasteiger charge is 2.33.